The normalized spacial score (nSPS) is 21.0. The molecule has 224 valence electrons. The van der Waals surface area contributed by atoms with Gasteiger partial charge in [0, 0.05) is 0 Å². The molecule has 0 aliphatic carbocycles. The summed E-state index contributed by atoms with van der Waals surface area (Å²) in [6.07, 6.45) is -5.26. The van der Waals surface area contributed by atoms with E-state index in [1.54, 1.807) is 121 Å². The van der Waals surface area contributed by atoms with E-state index < -0.39 is 60.3 Å². The molecule has 0 N–H and O–H groups in total. The molecule has 1 aliphatic heterocycles. The highest BCUT2D eigenvalue weighted by Crippen LogP contribution is 2.32. The minimum Gasteiger partial charge on any atom is -0.459 e. The fraction of sp³-hybridized carbons (Fsp3) is 0.176. The summed E-state index contributed by atoms with van der Waals surface area (Å²) >= 11 is 4.52. The Balaban J connectivity index is 1.48. The topological polar surface area (TPSA) is 114 Å². The number of thiol groups is 1. The molecule has 44 heavy (non-hydrogen) atoms. The lowest BCUT2D eigenvalue weighted by Gasteiger charge is -2.43. The van der Waals surface area contributed by atoms with Crippen LogP contribution in [0.15, 0.2) is 121 Å². The Morgan fingerprint density at radius 1 is 0.500 bits per heavy atom. The number of carbonyl (C=O) groups is 4. The minimum absolute atomic E-state index is 0.211. The van der Waals surface area contributed by atoms with Gasteiger partial charge in [0.15, 0.2) is 18.3 Å². The molecule has 10 heteroatoms. The summed E-state index contributed by atoms with van der Waals surface area (Å²) in [5.41, 5.74) is -0.207. The Kier molecular flexibility index (Phi) is 10.1. The van der Waals surface area contributed by atoms with Crippen molar-refractivity contribution in [2.24, 2.45) is 0 Å². The Morgan fingerprint density at radius 2 is 0.841 bits per heavy atom. The predicted molar refractivity (Wildman–Crippen MR) is 161 cm³/mol. The number of carbonyl (C=O) groups excluding carboxylic acids is 4. The molecule has 0 radical (unpaired) electrons. The first-order valence-corrected chi connectivity index (χ1v) is 14.3. The van der Waals surface area contributed by atoms with Gasteiger partial charge in [-0.3, -0.25) is 0 Å². The summed E-state index contributed by atoms with van der Waals surface area (Å²) in [5, 5.41) is 0. The maximum absolute atomic E-state index is 13.3. The van der Waals surface area contributed by atoms with E-state index in [-0.39, 0.29) is 16.7 Å². The van der Waals surface area contributed by atoms with E-state index in [1.807, 2.05) is 0 Å². The van der Waals surface area contributed by atoms with Crippen LogP contribution in [0.5, 0.6) is 0 Å². The Hall–Kier alpha value is -4.93. The molecule has 4 aromatic rings. The van der Waals surface area contributed by atoms with Gasteiger partial charge in [-0.25, -0.2) is 19.2 Å². The number of esters is 4. The second kappa shape index (κ2) is 14.5. The van der Waals surface area contributed by atoms with Gasteiger partial charge in [-0.2, -0.15) is 0 Å². The van der Waals surface area contributed by atoms with Crippen LogP contribution in [0.4, 0.5) is 0 Å². The number of hydrogen-bond acceptors (Lipinski definition) is 10. The Bertz CT molecular complexity index is 1570. The molecule has 9 nitrogen and oxygen atoms in total. The third kappa shape index (κ3) is 7.52. The van der Waals surface area contributed by atoms with Crippen molar-refractivity contribution in [3.05, 3.63) is 144 Å². The second-order valence-corrected chi connectivity index (χ2v) is 10.2. The number of ether oxygens (including phenoxy) is 5. The van der Waals surface area contributed by atoms with Crippen LogP contribution in [0.25, 0.3) is 0 Å². The van der Waals surface area contributed by atoms with Gasteiger partial charge in [-0.15, -0.1) is 12.6 Å². The molecular weight excluding hydrogens is 584 g/mol. The molecule has 5 atom stereocenters. The maximum atomic E-state index is 13.3. The van der Waals surface area contributed by atoms with Crippen LogP contribution in [-0.4, -0.2) is 60.3 Å². The van der Waals surface area contributed by atoms with Crippen molar-refractivity contribution < 1.29 is 42.9 Å². The molecule has 0 saturated carbocycles. The Morgan fingerprint density at radius 3 is 1.25 bits per heavy atom. The van der Waals surface area contributed by atoms with Gasteiger partial charge < -0.3 is 23.7 Å². The first kappa shape index (κ1) is 30.5. The molecule has 4 aromatic carbocycles. The van der Waals surface area contributed by atoms with E-state index in [9.17, 15) is 19.2 Å². The van der Waals surface area contributed by atoms with Crippen LogP contribution in [-0.2, 0) is 23.7 Å². The van der Waals surface area contributed by atoms with Crippen molar-refractivity contribution in [2.45, 2.75) is 29.9 Å². The van der Waals surface area contributed by atoms with Gasteiger partial charge >= 0.3 is 23.9 Å². The van der Waals surface area contributed by atoms with Gasteiger partial charge in [0.25, 0.3) is 0 Å². The zero-order valence-electron chi connectivity index (χ0n) is 23.3. The van der Waals surface area contributed by atoms with Crippen LogP contribution < -0.4 is 0 Å². The number of benzene rings is 4. The lowest BCUT2D eigenvalue weighted by atomic mass is 9.98. The lowest BCUT2D eigenvalue weighted by Crippen LogP contribution is -2.61. The van der Waals surface area contributed by atoms with E-state index >= 15 is 0 Å². The van der Waals surface area contributed by atoms with Crippen molar-refractivity contribution in [1.29, 1.82) is 0 Å². The molecule has 0 aromatic heterocycles. The summed E-state index contributed by atoms with van der Waals surface area (Å²) in [7, 11) is 0. The SMILES string of the molecule is O=C(OC[C@H]1O[C@@H](S)[C@@H](OC(=O)c2ccccc2)[C@@H](OC(=O)c2ccccc2)[C@@H]1OC(=O)c1ccccc1)c1ccccc1. The largest absolute Gasteiger partial charge is 0.459 e. The molecule has 5 rings (SSSR count). The van der Waals surface area contributed by atoms with Gasteiger partial charge in [0.05, 0.1) is 22.3 Å². The van der Waals surface area contributed by atoms with Gasteiger partial charge in [-0.05, 0) is 48.5 Å². The summed E-state index contributed by atoms with van der Waals surface area (Å²) in [6.45, 7) is -0.393. The van der Waals surface area contributed by atoms with E-state index in [4.69, 9.17) is 23.7 Å². The average Bonchev–Trinajstić information content (AvgIpc) is 3.07. The first-order chi connectivity index (χ1) is 21.4. The molecule has 0 bridgehead atoms. The zero-order chi connectivity index (χ0) is 30.9. The highest BCUT2D eigenvalue weighted by atomic mass is 32.1. The third-order valence-electron chi connectivity index (χ3n) is 6.76. The molecular formula is C34H28O9S. The molecule has 1 saturated heterocycles. The summed E-state index contributed by atoms with van der Waals surface area (Å²) in [6, 6.07) is 32.8. The third-order valence-corrected chi connectivity index (χ3v) is 7.17. The van der Waals surface area contributed by atoms with E-state index in [2.05, 4.69) is 12.6 Å². The van der Waals surface area contributed by atoms with Crippen LogP contribution in [0, 0.1) is 0 Å². The molecule has 0 unspecified atom stereocenters. The maximum Gasteiger partial charge on any atom is 0.338 e. The quantitative estimate of drug-likeness (QED) is 0.155. The number of hydrogen-bond donors (Lipinski definition) is 1. The fourth-order valence-electron chi connectivity index (χ4n) is 4.54. The monoisotopic (exact) mass is 612 g/mol. The van der Waals surface area contributed by atoms with Gasteiger partial charge in [0.2, 0.25) is 0 Å². The average molecular weight is 613 g/mol. The molecule has 0 amide bonds. The smallest absolute Gasteiger partial charge is 0.338 e. The van der Waals surface area contributed by atoms with Crippen molar-refractivity contribution in [2.75, 3.05) is 6.61 Å². The summed E-state index contributed by atoms with van der Waals surface area (Å²) in [4.78, 5) is 52.5. The molecule has 1 fully saturated rings. The molecule has 1 heterocycles. The van der Waals surface area contributed by atoms with Crippen LogP contribution in [0.1, 0.15) is 41.4 Å². The summed E-state index contributed by atoms with van der Waals surface area (Å²) < 4.78 is 29.1. The minimum atomic E-state index is -1.40. The van der Waals surface area contributed by atoms with Crippen molar-refractivity contribution in [1.82, 2.24) is 0 Å². The fourth-order valence-corrected chi connectivity index (χ4v) is 4.93. The van der Waals surface area contributed by atoms with Crippen LogP contribution in [0.2, 0.25) is 0 Å². The van der Waals surface area contributed by atoms with Crippen molar-refractivity contribution in [3.63, 3.8) is 0 Å². The first-order valence-electron chi connectivity index (χ1n) is 13.7. The number of rotatable bonds is 9. The predicted octanol–water partition coefficient (Wildman–Crippen LogP) is 5.17. The highest BCUT2D eigenvalue weighted by molar-refractivity contribution is 7.80. The van der Waals surface area contributed by atoms with Crippen LogP contribution >= 0.6 is 12.6 Å². The second-order valence-electron chi connectivity index (χ2n) is 9.74. The standard InChI is InChI=1S/C34H28O9S/c35-30(22-13-5-1-6-14-22)39-21-26-27(41-31(36)23-15-7-2-8-16-23)28(42-32(37)24-17-9-3-10-18-24)29(34(44)40-26)43-33(38)25-19-11-4-12-20-25/h1-20,26-29,34,44H,21H2/t26-,27-,28+,29+,34+/m1/s1. The molecule has 1 aliphatic rings. The van der Waals surface area contributed by atoms with E-state index in [1.165, 1.54) is 0 Å². The zero-order valence-corrected chi connectivity index (χ0v) is 24.2. The van der Waals surface area contributed by atoms with Gasteiger partial charge in [0.1, 0.15) is 18.1 Å². The Labute approximate surface area is 259 Å². The van der Waals surface area contributed by atoms with Crippen molar-refractivity contribution in [3.8, 4) is 0 Å². The lowest BCUT2D eigenvalue weighted by molar-refractivity contribution is -0.206. The highest BCUT2D eigenvalue weighted by Gasteiger charge is 2.52. The van der Waals surface area contributed by atoms with Crippen LogP contribution in [0.3, 0.4) is 0 Å². The van der Waals surface area contributed by atoms with E-state index in [0.717, 1.165) is 0 Å². The van der Waals surface area contributed by atoms with E-state index in [0.29, 0.717) is 5.56 Å². The van der Waals surface area contributed by atoms with Crippen molar-refractivity contribution >= 4 is 36.5 Å². The molecule has 0 spiro atoms. The summed E-state index contributed by atoms with van der Waals surface area (Å²) in [5.74, 6) is -2.90. The van der Waals surface area contributed by atoms with Gasteiger partial charge in [-0.1, -0.05) is 72.8 Å².